The quantitative estimate of drug-likeness (QED) is 0.817. The van der Waals surface area contributed by atoms with E-state index in [9.17, 15) is 0 Å². The largest absolute Gasteiger partial charge is 0.495 e. The summed E-state index contributed by atoms with van der Waals surface area (Å²) in [5.74, 6) is 1.50. The van der Waals surface area contributed by atoms with Crippen molar-refractivity contribution in [1.29, 1.82) is 0 Å². The van der Waals surface area contributed by atoms with Crippen LogP contribution in [-0.4, -0.2) is 33.3 Å². The Morgan fingerprint density at radius 1 is 1.37 bits per heavy atom. The summed E-state index contributed by atoms with van der Waals surface area (Å²) in [5, 5.41) is 3.55. The molecule has 0 aromatic heterocycles. The number of benzene rings is 1. The molecule has 0 radical (unpaired) electrons. The van der Waals surface area contributed by atoms with Crippen LogP contribution < -0.4 is 15.0 Å². The minimum Gasteiger partial charge on any atom is -0.495 e. The van der Waals surface area contributed by atoms with Gasteiger partial charge in [-0.25, -0.2) is 0 Å². The highest BCUT2D eigenvalue weighted by molar-refractivity contribution is 5.60. The van der Waals surface area contributed by atoms with Gasteiger partial charge in [-0.2, -0.15) is 0 Å². The third-order valence-electron chi connectivity index (χ3n) is 3.74. The molecule has 2 rings (SSSR count). The summed E-state index contributed by atoms with van der Waals surface area (Å²) in [6.07, 6.45) is 2.69. The van der Waals surface area contributed by atoms with Gasteiger partial charge in [0.25, 0.3) is 0 Å². The van der Waals surface area contributed by atoms with Crippen molar-refractivity contribution in [2.75, 3.05) is 32.1 Å². The maximum Gasteiger partial charge on any atom is 0.142 e. The van der Waals surface area contributed by atoms with E-state index in [4.69, 9.17) is 4.74 Å². The van der Waals surface area contributed by atoms with Gasteiger partial charge in [0, 0.05) is 26.2 Å². The monoisotopic (exact) mass is 262 g/mol. The molecule has 1 aromatic carbocycles. The van der Waals surface area contributed by atoms with Crippen molar-refractivity contribution >= 4 is 5.69 Å². The van der Waals surface area contributed by atoms with Crippen molar-refractivity contribution in [3.05, 3.63) is 23.8 Å². The van der Waals surface area contributed by atoms with Gasteiger partial charge in [-0.1, -0.05) is 19.9 Å². The van der Waals surface area contributed by atoms with Crippen LogP contribution in [0.1, 0.15) is 38.2 Å². The lowest BCUT2D eigenvalue weighted by molar-refractivity contribution is 0.414. The molecule has 0 aliphatic heterocycles. The van der Waals surface area contributed by atoms with Gasteiger partial charge in [0.15, 0.2) is 0 Å². The summed E-state index contributed by atoms with van der Waals surface area (Å²) in [4.78, 5) is 2.28. The van der Waals surface area contributed by atoms with E-state index < -0.39 is 0 Å². The van der Waals surface area contributed by atoms with Crippen molar-refractivity contribution in [2.45, 2.75) is 38.6 Å². The second-order valence-corrected chi connectivity index (χ2v) is 5.74. The zero-order chi connectivity index (χ0) is 13.8. The van der Waals surface area contributed by atoms with E-state index in [1.165, 1.54) is 24.1 Å². The van der Waals surface area contributed by atoms with Gasteiger partial charge in [-0.3, -0.25) is 0 Å². The zero-order valence-electron chi connectivity index (χ0n) is 12.6. The van der Waals surface area contributed by atoms with E-state index in [-0.39, 0.29) is 0 Å². The Labute approximate surface area is 116 Å². The summed E-state index contributed by atoms with van der Waals surface area (Å²) in [6.45, 7) is 6.49. The SMILES string of the molecule is COc1ccc(C(C)C)cc1N(C)CCNC1CC1. The molecule has 19 heavy (non-hydrogen) atoms. The fraction of sp³-hybridized carbons (Fsp3) is 0.625. The second-order valence-electron chi connectivity index (χ2n) is 5.74. The Morgan fingerprint density at radius 2 is 2.11 bits per heavy atom. The van der Waals surface area contributed by atoms with Crippen LogP contribution in [0.5, 0.6) is 5.75 Å². The van der Waals surface area contributed by atoms with Gasteiger partial charge < -0.3 is 15.0 Å². The Kier molecular flexibility index (Phi) is 4.70. The average molecular weight is 262 g/mol. The van der Waals surface area contributed by atoms with Gasteiger partial charge in [0.2, 0.25) is 0 Å². The van der Waals surface area contributed by atoms with E-state index >= 15 is 0 Å². The predicted octanol–water partition coefficient (Wildman–Crippen LogP) is 3.01. The summed E-state index contributed by atoms with van der Waals surface area (Å²) in [7, 11) is 3.88. The van der Waals surface area contributed by atoms with Crippen LogP contribution >= 0.6 is 0 Å². The van der Waals surface area contributed by atoms with Gasteiger partial charge in [0.1, 0.15) is 5.75 Å². The summed E-state index contributed by atoms with van der Waals surface area (Å²) in [5.41, 5.74) is 2.55. The van der Waals surface area contributed by atoms with Gasteiger partial charge in [-0.15, -0.1) is 0 Å². The molecular formula is C16H26N2O. The Morgan fingerprint density at radius 3 is 2.68 bits per heavy atom. The first-order valence-corrected chi connectivity index (χ1v) is 7.24. The van der Waals surface area contributed by atoms with Crippen LogP contribution in [0, 0.1) is 0 Å². The van der Waals surface area contributed by atoms with E-state index in [2.05, 4.69) is 49.3 Å². The number of methoxy groups -OCH3 is 1. The number of hydrogen-bond donors (Lipinski definition) is 1. The molecule has 0 amide bonds. The topological polar surface area (TPSA) is 24.5 Å². The van der Waals surface area contributed by atoms with Crippen molar-refractivity contribution in [2.24, 2.45) is 0 Å². The molecule has 3 nitrogen and oxygen atoms in total. The number of hydrogen-bond acceptors (Lipinski definition) is 3. The molecule has 1 N–H and O–H groups in total. The highest BCUT2D eigenvalue weighted by atomic mass is 16.5. The van der Waals surface area contributed by atoms with Crippen molar-refractivity contribution < 1.29 is 4.74 Å². The number of rotatable bonds is 7. The highest BCUT2D eigenvalue weighted by Gasteiger charge is 2.20. The molecule has 0 unspecified atom stereocenters. The first-order valence-electron chi connectivity index (χ1n) is 7.24. The van der Waals surface area contributed by atoms with Crippen LogP contribution in [0.3, 0.4) is 0 Å². The lowest BCUT2D eigenvalue weighted by Gasteiger charge is -2.23. The first kappa shape index (κ1) is 14.2. The van der Waals surface area contributed by atoms with E-state index in [1.54, 1.807) is 7.11 Å². The third kappa shape index (κ3) is 3.87. The lowest BCUT2D eigenvalue weighted by Crippen LogP contribution is -2.30. The fourth-order valence-electron chi connectivity index (χ4n) is 2.21. The summed E-state index contributed by atoms with van der Waals surface area (Å²) in [6, 6.07) is 7.26. The number of nitrogens with zero attached hydrogens (tertiary/aromatic N) is 1. The van der Waals surface area contributed by atoms with Crippen LogP contribution in [0.15, 0.2) is 18.2 Å². The van der Waals surface area contributed by atoms with Crippen molar-refractivity contribution in [3.8, 4) is 5.75 Å². The summed E-state index contributed by atoms with van der Waals surface area (Å²) < 4.78 is 5.48. The fourth-order valence-corrected chi connectivity index (χ4v) is 2.21. The van der Waals surface area contributed by atoms with Crippen LogP contribution in [-0.2, 0) is 0 Å². The molecular weight excluding hydrogens is 236 g/mol. The molecule has 106 valence electrons. The Balaban J connectivity index is 2.03. The van der Waals surface area contributed by atoms with Crippen LogP contribution in [0.25, 0.3) is 0 Å². The van der Waals surface area contributed by atoms with Gasteiger partial charge in [-0.05, 0) is 36.5 Å². The van der Waals surface area contributed by atoms with Crippen molar-refractivity contribution in [3.63, 3.8) is 0 Å². The Hall–Kier alpha value is -1.22. The smallest absolute Gasteiger partial charge is 0.142 e. The van der Waals surface area contributed by atoms with E-state index in [0.29, 0.717) is 5.92 Å². The average Bonchev–Trinajstić information content (AvgIpc) is 3.21. The number of nitrogens with one attached hydrogen (secondary N) is 1. The predicted molar refractivity (Wildman–Crippen MR) is 81.4 cm³/mol. The molecule has 0 spiro atoms. The van der Waals surface area contributed by atoms with Gasteiger partial charge >= 0.3 is 0 Å². The molecule has 1 fully saturated rings. The molecule has 1 aliphatic carbocycles. The molecule has 0 bridgehead atoms. The molecule has 1 aliphatic rings. The number of likely N-dealkylation sites (N-methyl/N-ethyl adjacent to an activating group) is 1. The molecule has 0 heterocycles. The molecule has 1 saturated carbocycles. The first-order chi connectivity index (χ1) is 9.11. The highest BCUT2D eigenvalue weighted by Crippen LogP contribution is 2.31. The van der Waals surface area contributed by atoms with Crippen molar-refractivity contribution in [1.82, 2.24) is 5.32 Å². The minimum absolute atomic E-state index is 0.544. The summed E-state index contributed by atoms with van der Waals surface area (Å²) >= 11 is 0. The Bertz CT molecular complexity index is 413. The third-order valence-corrected chi connectivity index (χ3v) is 3.74. The van der Waals surface area contributed by atoms with Gasteiger partial charge in [0.05, 0.1) is 12.8 Å². The minimum atomic E-state index is 0.544. The second kappa shape index (κ2) is 6.29. The van der Waals surface area contributed by atoms with E-state index in [0.717, 1.165) is 24.9 Å². The van der Waals surface area contributed by atoms with Crippen LogP contribution in [0.4, 0.5) is 5.69 Å². The molecule has 3 heteroatoms. The lowest BCUT2D eigenvalue weighted by atomic mass is 10.0. The zero-order valence-corrected chi connectivity index (χ0v) is 12.6. The molecule has 0 saturated heterocycles. The number of ether oxygens (including phenoxy) is 1. The maximum absolute atomic E-state index is 5.48. The van der Waals surface area contributed by atoms with Crippen LogP contribution in [0.2, 0.25) is 0 Å². The molecule has 0 atom stereocenters. The molecule has 1 aromatic rings. The van der Waals surface area contributed by atoms with E-state index in [1.807, 2.05) is 0 Å². The number of anilines is 1. The maximum atomic E-state index is 5.48. The standard InChI is InChI=1S/C16H26N2O/c1-12(2)13-5-8-16(19-4)15(11-13)18(3)10-9-17-14-6-7-14/h5,8,11-12,14,17H,6-7,9-10H2,1-4H3. The normalized spacial score (nSPS) is 14.8.